The zero-order valence-corrected chi connectivity index (χ0v) is 13.0. The highest BCUT2D eigenvalue weighted by atomic mass is 19.1. The number of aldehydes is 1. The first-order valence-electron chi connectivity index (χ1n) is 7.77. The number of hydrogen-bond acceptors (Lipinski definition) is 3. The molecule has 24 heavy (non-hydrogen) atoms. The van der Waals surface area contributed by atoms with Crippen molar-refractivity contribution in [3.63, 3.8) is 0 Å². The van der Waals surface area contributed by atoms with Crippen molar-refractivity contribution in [1.29, 1.82) is 0 Å². The van der Waals surface area contributed by atoms with Crippen molar-refractivity contribution < 1.29 is 14.0 Å². The van der Waals surface area contributed by atoms with Gasteiger partial charge in [0.1, 0.15) is 5.82 Å². The van der Waals surface area contributed by atoms with E-state index in [4.69, 9.17) is 0 Å². The van der Waals surface area contributed by atoms with E-state index in [9.17, 15) is 18.8 Å². The van der Waals surface area contributed by atoms with Gasteiger partial charge >= 0.3 is 0 Å². The van der Waals surface area contributed by atoms with Gasteiger partial charge in [0, 0.05) is 30.4 Å². The Balaban J connectivity index is 1.98. The minimum absolute atomic E-state index is 0.0247. The van der Waals surface area contributed by atoms with Gasteiger partial charge in [0.05, 0.1) is 11.1 Å². The van der Waals surface area contributed by atoms with Crippen molar-refractivity contribution in [2.45, 2.75) is 25.8 Å². The lowest BCUT2D eigenvalue weighted by Crippen LogP contribution is -2.29. The monoisotopic (exact) mass is 325 g/mol. The van der Waals surface area contributed by atoms with Gasteiger partial charge in [0.2, 0.25) is 5.43 Å². The van der Waals surface area contributed by atoms with Gasteiger partial charge in [0.15, 0.2) is 12.1 Å². The summed E-state index contributed by atoms with van der Waals surface area (Å²) in [7, 11) is 0. The van der Waals surface area contributed by atoms with Crippen LogP contribution in [0.4, 0.5) is 4.39 Å². The van der Waals surface area contributed by atoms with Gasteiger partial charge in [-0.15, -0.1) is 0 Å². The van der Waals surface area contributed by atoms with Crippen LogP contribution in [0.15, 0.2) is 41.3 Å². The molecule has 1 aromatic heterocycles. The number of carbonyl (C=O) groups excluding carboxylic acids is 2. The van der Waals surface area contributed by atoms with Crippen molar-refractivity contribution in [1.82, 2.24) is 4.57 Å². The first-order valence-corrected chi connectivity index (χ1v) is 7.77. The van der Waals surface area contributed by atoms with E-state index >= 15 is 0 Å². The minimum atomic E-state index is -0.487. The molecule has 0 spiro atoms. The molecule has 3 rings (SSSR count). The normalized spacial score (nSPS) is 14.0. The quantitative estimate of drug-likeness (QED) is 0.812. The molecule has 0 amide bonds. The van der Waals surface area contributed by atoms with Gasteiger partial charge in [-0.3, -0.25) is 14.4 Å². The van der Waals surface area contributed by atoms with Crippen LogP contribution >= 0.6 is 0 Å². The summed E-state index contributed by atoms with van der Waals surface area (Å²) in [6.45, 7) is 0.352. The second-order valence-corrected chi connectivity index (χ2v) is 5.71. The molecular formula is C19H16FNO3. The Labute approximate surface area is 138 Å². The lowest BCUT2D eigenvalue weighted by Gasteiger charge is -2.20. The van der Waals surface area contributed by atoms with Crippen LogP contribution < -0.4 is 5.43 Å². The van der Waals surface area contributed by atoms with Gasteiger partial charge in [-0.2, -0.15) is 0 Å². The number of benzene rings is 1. The summed E-state index contributed by atoms with van der Waals surface area (Å²) in [6.07, 6.45) is 6.96. The van der Waals surface area contributed by atoms with Crippen LogP contribution in [-0.4, -0.2) is 16.6 Å². The lowest BCUT2D eigenvalue weighted by atomic mass is 9.93. The molecule has 0 N–H and O–H groups in total. The van der Waals surface area contributed by atoms with Gasteiger partial charge in [-0.05, 0) is 18.9 Å². The fourth-order valence-corrected chi connectivity index (χ4v) is 2.97. The van der Waals surface area contributed by atoms with Crippen LogP contribution in [0.25, 0.3) is 6.08 Å². The maximum Gasteiger partial charge on any atom is 0.203 e. The standard InChI is InChI=1S/C19H16FNO3/c20-15-7-2-1-5-13(15)6-4-10-21-11-14(12-22)19(24)18-16(21)8-3-9-17(18)23/h1-2,4-7,11-12H,3,8-10H2/b6-4+. The van der Waals surface area contributed by atoms with Crippen molar-refractivity contribution in [2.75, 3.05) is 0 Å². The number of halogens is 1. The van der Waals surface area contributed by atoms with Crippen LogP contribution in [0.5, 0.6) is 0 Å². The topological polar surface area (TPSA) is 56.1 Å². The zero-order valence-electron chi connectivity index (χ0n) is 13.0. The summed E-state index contributed by atoms with van der Waals surface area (Å²) in [5.74, 6) is -0.531. The summed E-state index contributed by atoms with van der Waals surface area (Å²) in [5, 5.41) is 0. The average Bonchev–Trinajstić information content (AvgIpc) is 2.58. The molecule has 0 bridgehead atoms. The van der Waals surface area contributed by atoms with Crippen molar-refractivity contribution in [2.24, 2.45) is 0 Å². The Morgan fingerprint density at radius 2 is 1.92 bits per heavy atom. The third-order valence-electron chi connectivity index (χ3n) is 4.15. The molecule has 0 aliphatic heterocycles. The fourth-order valence-electron chi connectivity index (χ4n) is 2.97. The fraction of sp³-hybridized carbons (Fsp3) is 0.211. The zero-order chi connectivity index (χ0) is 17.1. The van der Waals surface area contributed by atoms with Crippen LogP contribution in [0.3, 0.4) is 0 Å². The summed E-state index contributed by atoms with van der Waals surface area (Å²) in [4.78, 5) is 35.4. The van der Waals surface area contributed by atoms with Gasteiger partial charge in [0.25, 0.3) is 0 Å². The molecule has 0 saturated heterocycles. The lowest BCUT2D eigenvalue weighted by molar-refractivity contribution is 0.0969. The molecule has 1 aliphatic rings. The molecule has 1 heterocycles. The number of Topliss-reactive ketones (excluding diaryl/α,β-unsaturated/α-hetero) is 1. The highest BCUT2D eigenvalue weighted by Gasteiger charge is 2.24. The number of pyridine rings is 1. The second-order valence-electron chi connectivity index (χ2n) is 5.71. The number of ketones is 1. The van der Waals surface area contributed by atoms with Crippen molar-refractivity contribution >= 4 is 18.1 Å². The van der Waals surface area contributed by atoms with Crippen LogP contribution in [-0.2, 0) is 13.0 Å². The van der Waals surface area contributed by atoms with E-state index in [1.54, 1.807) is 34.9 Å². The number of hydrogen-bond donors (Lipinski definition) is 0. The Bertz CT molecular complexity index is 896. The number of fused-ring (bicyclic) bond motifs is 1. The minimum Gasteiger partial charge on any atom is -0.346 e. The molecule has 4 nitrogen and oxygen atoms in total. The summed E-state index contributed by atoms with van der Waals surface area (Å²) < 4.78 is 15.4. The Morgan fingerprint density at radius 1 is 1.12 bits per heavy atom. The van der Waals surface area contributed by atoms with Crippen LogP contribution in [0.1, 0.15) is 44.8 Å². The van der Waals surface area contributed by atoms with Crippen molar-refractivity contribution in [3.05, 3.63) is 75.0 Å². The predicted molar refractivity (Wildman–Crippen MR) is 88.8 cm³/mol. The molecule has 5 heteroatoms. The summed E-state index contributed by atoms with van der Waals surface area (Å²) >= 11 is 0. The molecular weight excluding hydrogens is 309 g/mol. The van der Waals surface area contributed by atoms with E-state index in [0.717, 1.165) is 0 Å². The Hall–Kier alpha value is -2.82. The molecule has 1 aromatic carbocycles. The molecule has 2 aromatic rings. The number of allylic oxidation sites excluding steroid dienone is 1. The number of carbonyl (C=O) groups is 2. The molecule has 0 unspecified atom stereocenters. The van der Waals surface area contributed by atoms with E-state index in [1.807, 2.05) is 0 Å². The first-order chi connectivity index (χ1) is 11.6. The molecule has 0 saturated carbocycles. The van der Waals surface area contributed by atoms with E-state index in [0.29, 0.717) is 43.4 Å². The molecule has 0 fully saturated rings. The van der Waals surface area contributed by atoms with Crippen LogP contribution in [0, 0.1) is 5.82 Å². The third kappa shape index (κ3) is 2.97. The highest BCUT2D eigenvalue weighted by Crippen LogP contribution is 2.19. The second kappa shape index (κ2) is 6.74. The predicted octanol–water partition coefficient (Wildman–Crippen LogP) is 3.03. The molecule has 0 radical (unpaired) electrons. The molecule has 122 valence electrons. The van der Waals surface area contributed by atoms with Crippen LogP contribution in [0.2, 0.25) is 0 Å². The SMILES string of the molecule is O=Cc1cn(C/C=C/c2ccccc2F)c2c(c1=O)C(=O)CCC2. The smallest absolute Gasteiger partial charge is 0.203 e. The van der Waals surface area contributed by atoms with E-state index in [2.05, 4.69) is 0 Å². The molecule has 1 aliphatic carbocycles. The van der Waals surface area contributed by atoms with E-state index in [1.165, 1.54) is 12.3 Å². The maximum absolute atomic E-state index is 13.6. The average molecular weight is 325 g/mol. The summed E-state index contributed by atoms with van der Waals surface area (Å²) in [5.41, 5.74) is 0.728. The van der Waals surface area contributed by atoms with E-state index < -0.39 is 5.43 Å². The number of nitrogens with zero attached hydrogens (tertiary/aromatic N) is 1. The number of rotatable bonds is 4. The number of aromatic nitrogens is 1. The Morgan fingerprint density at radius 3 is 2.67 bits per heavy atom. The van der Waals surface area contributed by atoms with Crippen molar-refractivity contribution in [3.8, 4) is 0 Å². The third-order valence-corrected chi connectivity index (χ3v) is 4.15. The van der Waals surface area contributed by atoms with Gasteiger partial charge < -0.3 is 4.57 Å². The maximum atomic E-state index is 13.6. The largest absolute Gasteiger partial charge is 0.346 e. The molecule has 0 atom stereocenters. The first kappa shape index (κ1) is 16.1. The van der Waals surface area contributed by atoms with Gasteiger partial charge in [-0.25, -0.2) is 4.39 Å². The summed E-state index contributed by atoms with van der Waals surface area (Å²) in [6, 6.07) is 6.40. The van der Waals surface area contributed by atoms with Gasteiger partial charge in [-0.1, -0.05) is 30.4 Å². The van der Waals surface area contributed by atoms with E-state index in [-0.39, 0.29) is 22.7 Å². The Kier molecular flexibility index (Phi) is 4.51. The highest BCUT2D eigenvalue weighted by molar-refractivity contribution is 5.99.